The highest BCUT2D eigenvalue weighted by atomic mass is 16.5. The van der Waals surface area contributed by atoms with E-state index in [1.54, 1.807) is 20.8 Å². The van der Waals surface area contributed by atoms with E-state index in [4.69, 9.17) is 10.5 Å². The van der Waals surface area contributed by atoms with Gasteiger partial charge in [0, 0.05) is 81.2 Å². The Morgan fingerprint density at radius 1 is 0.464 bits per heavy atom. The number of rotatable bonds is 26. The number of hydrogen-bond donors (Lipinski definition) is 7. The predicted octanol–water partition coefficient (Wildman–Crippen LogP) is -0.376. The van der Waals surface area contributed by atoms with Crippen LogP contribution in [0.1, 0.15) is 106 Å². The van der Waals surface area contributed by atoms with Crippen LogP contribution in [0.4, 0.5) is 0 Å². The fraction of sp³-hybridized carbons (Fsp3) is 0.757. The molecule has 56 heavy (non-hydrogen) atoms. The first-order valence-electron chi connectivity index (χ1n) is 18.8. The van der Waals surface area contributed by atoms with Gasteiger partial charge in [0.1, 0.15) is 6.04 Å². The number of nitrogens with one attached hydrogen (secondary N) is 6. The van der Waals surface area contributed by atoms with Crippen molar-refractivity contribution < 1.29 is 57.4 Å². The maximum Gasteiger partial charge on any atom is 0.328 e. The summed E-state index contributed by atoms with van der Waals surface area (Å²) in [6.45, 7) is 12.2. The van der Waals surface area contributed by atoms with Crippen molar-refractivity contribution >= 4 is 53.4 Å². The van der Waals surface area contributed by atoms with E-state index >= 15 is 0 Å². The summed E-state index contributed by atoms with van der Waals surface area (Å²) in [6, 6.07) is -4.74. The lowest BCUT2D eigenvalue weighted by Gasteiger charge is -2.26. The molecule has 19 nitrogen and oxygen atoms in total. The Kier molecular flexibility index (Phi) is 24.6. The molecule has 7 atom stereocenters. The maximum atomic E-state index is 13.2. The monoisotopic (exact) mass is 799 g/mol. The molecule has 0 rings (SSSR count). The Morgan fingerprint density at radius 3 is 1.30 bits per heavy atom. The topological polar surface area (TPSA) is 280 Å². The molecular weight excluding hydrogens is 734 g/mol. The summed E-state index contributed by atoms with van der Waals surface area (Å²) in [6.07, 6.45) is -0.999. The largest absolute Gasteiger partial charge is 0.469 e. The van der Waals surface area contributed by atoms with Crippen molar-refractivity contribution in [1.29, 1.82) is 0 Å². The van der Waals surface area contributed by atoms with Crippen LogP contribution in [-0.4, -0.2) is 117 Å². The molecule has 0 saturated carbocycles. The van der Waals surface area contributed by atoms with Crippen molar-refractivity contribution in [2.45, 2.75) is 149 Å². The van der Waals surface area contributed by atoms with Crippen molar-refractivity contribution in [3.05, 3.63) is 0 Å². The normalized spacial score (nSPS) is 14.7. The van der Waals surface area contributed by atoms with Crippen LogP contribution in [0.3, 0.4) is 0 Å². The van der Waals surface area contributed by atoms with Crippen LogP contribution in [-0.2, 0) is 57.4 Å². The van der Waals surface area contributed by atoms with E-state index in [0.717, 1.165) is 14.2 Å². The maximum absolute atomic E-state index is 13.2. The van der Waals surface area contributed by atoms with Crippen LogP contribution < -0.4 is 37.6 Å². The molecule has 0 aromatic carbocycles. The molecule has 0 aliphatic heterocycles. The molecule has 320 valence electrons. The van der Waals surface area contributed by atoms with Gasteiger partial charge >= 0.3 is 17.9 Å². The third kappa shape index (κ3) is 23.2. The fourth-order valence-electron chi connectivity index (χ4n) is 5.42. The van der Waals surface area contributed by atoms with E-state index in [2.05, 4.69) is 41.4 Å². The minimum absolute atomic E-state index is 0.0616. The second-order valence-electron chi connectivity index (χ2n) is 14.8. The highest BCUT2D eigenvalue weighted by Gasteiger charge is 2.28. The fourth-order valence-corrected chi connectivity index (χ4v) is 5.42. The molecule has 0 aromatic rings. The van der Waals surface area contributed by atoms with Gasteiger partial charge in [-0.05, 0) is 39.0 Å². The molecule has 0 saturated heterocycles. The number of esters is 3. The van der Waals surface area contributed by atoms with Gasteiger partial charge in [0.2, 0.25) is 35.4 Å². The highest BCUT2D eigenvalue weighted by molar-refractivity contribution is 5.88. The molecule has 0 fully saturated rings. The quantitative estimate of drug-likeness (QED) is 0.0435. The van der Waals surface area contributed by atoms with Crippen molar-refractivity contribution in [1.82, 2.24) is 31.9 Å². The summed E-state index contributed by atoms with van der Waals surface area (Å²) >= 11 is 0. The van der Waals surface area contributed by atoms with Crippen LogP contribution in [0.15, 0.2) is 0 Å². The van der Waals surface area contributed by atoms with Crippen LogP contribution in [0.2, 0.25) is 0 Å². The zero-order chi connectivity index (χ0) is 43.1. The highest BCUT2D eigenvalue weighted by Crippen LogP contribution is 2.12. The van der Waals surface area contributed by atoms with E-state index in [1.807, 2.05) is 27.7 Å². The Morgan fingerprint density at radius 2 is 0.875 bits per heavy atom. The summed E-state index contributed by atoms with van der Waals surface area (Å²) in [4.78, 5) is 112. The number of amides is 6. The summed E-state index contributed by atoms with van der Waals surface area (Å²) in [7, 11) is 3.48. The number of ether oxygens (including phenoxy) is 3. The Bertz CT molecular complexity index is 1340. The van der Waals surface area contributed by atoms with Crippen LogP contribution >= 0.6 is 0 Å². The van der Waals surface area contributed by atoms with E-state index in [0.29, 0.717) is 0 Å². The van der Waals surface area contributed by atoms with E-state index in [1.165, 1.54) is 7.11 Å². The van der Waals surface area contributed by atoms with Gasteiger partial charge in [-0.15, -0.1) is 0 Å². The third-order valence-electron chi connectivity index (χ3n) is 8.56. The van der Waals surface area contributed by atoms with Crippen LogP contribution in [0.25, 0.3) is 0 Å². The van der Waals surface area contributed by atoms with E-state index < -0.39 is 90.1 Å². The molecule has 0 spiro atoms. The molecule has 0 aromatic heterocycles. The minimum Gasteiger partial charge on any atom is -0.469 e. The standard InChI is InChI=1S/C37H65N7O12/c1-20(2)26(17-33(49)40-23(6)14-30(46)39-24(7)15-31(47)44-28(37(53)56-10)19-36(52)55-9)43-32(48)16-25(11-12-35(51)54-8)41-34(50)18-27(21(3)4)42-29(45)13-22(5)38/h20-28H,11-19,38H2,1-10H3,(H,39,46)(H,40,49)(H,41,50)(H,42,45)(H,43,48)(H,44,47)/t22-,23-,24-,25-,26-,27-,28-/m0/s1. The van der Waals surface area contributed by atoms with Crippen molar-refractivity contribution in [2.75, 3.05) is 21.3 Å². The summed E-state index contributed by atoms with van der Waals surface area (Å²) < 4.78 is 13.9. The molecule has 0 aliphatic rings. The summed E-state index contributed by atoms with van der Waals surface area (Å²) in [5.74, 6) is -5.03. The Hall–Kier alpha value is -4.81. The third-order valence-corrected chi connectivity index (χ3v) is 8.56. The molecular formula is C37H65N7O12. The Balaban J connectivity index is 5.27. The second-order valence-corrected chi connectivity index (χ2v) is 14.8. The van der Waals surface area contributed by atoms with Crippen molar-refractivity contribution in [3.8, 4) is 0 Å². The number of carbonyl (C=O) groups excluding carboxylic acids is 9. The van der Waals surface area contributed by atoms with Gasteiger partial charge in [-0.3, -0.25) is 38.4 Å². The lowest BCUT2D eigenvalue weighted by molar-refractivity contribution is -0.150. The average molecular weight is 800 g/mol. The van der Waals surface area contributed by atoms with Crippen LogP contribution in [0.5, 0.6) is 0 Å². The van der Waals surface area contributed by atoms with E-state index in [9.17, 15) is 43.2 Å². The molecule has 19 heteroatoms. The lowest BCUT2D eigenvalue weighted by atomic mass is 9.98. The molecule has 8 N–H and O–H groups in total. The average Bonchev–Trinajstić information content (AvgIpc) is 3.07. The Labute approximate surface area is 329 Å². The zero-order valence-electron chi connectivity index (χ0n) is 34.5. The van der Waals surface area contributed by atoms with Gasteiger partial charge in [-0.2, -0.15) is 0 Å². The SMILES string of the molecule is COC(=O)CC[C@@H](CC(=O)N[C@@H](CC(=O)N[C@@H](C)CC(=O)N[C@@H](C)CC(=O)N[C@@H](CC(=O)OC)C(=O)OC)C(C)C)NC(=O)C[C@H](NC(=O)C[C@H](C)N)C(C)C. The minimum atomic E-state index is -1.26. The number of methoxy groups -OCH3 is 3. The predicted molar refractivity (Wildman–Crippen MR) is 204 cm³/mol. The first-order valence-corrected chi connectivity index (χ1v) is 18.8. The zero-order valence-corrected chi connectivity index (χ0v) is 34.5. The van der Waals surface area contributed by atoms with Crippen molar-refractivity contribution in [2.24, 2.45) is 17.6 Å². The lowest BCUT2D eigenvalue weighted by Crippen LogP contribution is -2.48. The molecule has 0 bridgehead atoms. The van der Waals surface area contributed by atoms with Gasteiger partial charge in [0.05, 0.1) is 27.8 Å². The van der Waals surface area contributed by atoms with Gasteiger partial charge in [0.25, 0.3) is 0 Å². The summed E-state index contributed by atoms with van der Waals surface area (Å²) in [5, 5.41) is 16.3. The van der Waals surface area contributed by atoms with Gasteiger partial charge in [-0.25, -0.2) is 4.79 Å². The van der Waals surface area contributed by atoms with Crippen LogP contribution in [0, 0.1) is 11.8 Å². The number of hydrogen-bond acceptors (Lipinski definition) is 13. The van der Waals surface area contributed by atoms with E-state index in [-0.39, 0.29) is 75.2 Å². The first kappa shape index (κ1) is 51.2. The number of nitrogens with two attached hydrogens (primary N) is 1. The molecule has 6 amide bonds. The van der Waals surface area contributed by atoms with Crippen molar-refractivity contribution in [3.63, 3.8) is 0 Å². The first-order chi connectivity index (χ1) is 26.1. The molecule has 0 aliphatic carbocycles. The molecule has 0 radical (unpaired) electrons. The summed E-state index contributed by atoms with van der Waals surface area (Å²) in [5.41, 5.74) is 5.72. The second kappa shape index (κ2) is 26.9. The smallest absolute Gasteiger partial charge is 0.328 e. The van der Waals surface area contributed by atoms with Gasteiger partial charge in [0.15, 0.2) is 0 Å². The number of carbonyl (C=O) groups is 9. The molecule has 0 heterocycles. The van der Waals surface area contributed by atoms with Gasteiger partial charge < -0.3 is 51.8 Å². The van der Waals surface area contributed by atoms with Gasteiger partial charge in [-0.1, -0.05) is 27.7 Å². The molecule has 0 unspecified atom stereocenters.